The summed E-state index contributed by atoms with van der Waals surface area (Å²) < 4.78 is 0. The minimum atomic E-state index is 1.05. The Morgan fingerprint density at radius 2 is 1.11 bits per heavy atom. The highest BCUT2D eigenvalue weighted by Gasteiger charge is 1.80. The molecule has 0 heterocycles. The van der Waals surface area contributed by atoms with Gasteiger partial charge in [0.05, 0.1) is 0 Å². The number of aryl methyl sites for hydroxylation is 3. The van der Waals surface area contributed by atoms with Crippen LogP contribution in [0, 0.1) is 13.8 Å². The van der Waals surface area contributed by atoms with E-state index < -0.39 is 0 Å². The van der Waals surface area contributed by atoms with Crippen molar-refractivity contribution in [3.63, 3.8) is 0 Å². The van der Waals surface area contributed by atoms with Gasteiger partial charge in [0.25, 0.3) is 0 Å². The second kappa shape index (κ2) is 8.30. The summed E-state index contributed by atoms with van der Waals surface area (Å²) in [6, 6.07) is 23.2. The van der Waals surface area contributed by atoms with Crippen molar-refractivity contribution in [1.29, 1.82) is 0 Å². The van der Waals surface area contributed by atoms with E-state index in [1.54, 1.807) is 0 Å². The molecule has 0 N–H and O–H groups in total. The molecular weight excluding hydrogens is 216 g/mol. The smallest absolute Gasteiger partial charge is 0.0307 e. The van der Waals surface area contributed by atoms with Crippen LogP contribution < -0.4 is 0 Å². The molecule has 18 heavy (non-hydrogen) atoms. The van der Waals surface area contributed by atoms with E-state index in [9.17, 15) is 0 Å². The summed E-state index contributed by atoms with van der Waals surface area (Å²) in [5.74, 6) is 0. The lowest BCUT2D eigenvalue weighted by molar-refractivity contribution is 1.14. The van der Waals surface area contributed by atoms with Gasteiger partial charge in [0.15, 0.2) is 0 Å². The molecule has 0 unspecified atom stereocenters. The van der Waals surface area contributed by atoms with Crippen LogP contribution in [0.2, 0.25) is 0 Å². The first-order chi connectivity index (χ1) is 8.72. The summed E-state index contributed by atoms with van der Waals surface area (Å²) in [5, 5.41) is 0. The van der Waals surface area contributed by atoms with Gasteiger partial charge < -0.3 is 0 Å². The average Bonchev–Trinajstić information content (AvgIpc) is 2.35. The van der Waals surface area contributed by atoms with Crippen LogP contribution in [0.15, 0.2) is 66.7 Å². The molecule has 0 aliphatic rings. The molecule has 1 rings (SSSR count). The van der Waals surface area contributed by atoms with Crippen LogP contribution >= 0.6 is 0 Å². The Bertz CT molecular complexity index is 484. The van der Waals surface area contributed by atoms with Crippen LogP contribution in [0.25, 0.3) is 0 Å². The van der Waals surface area contributed by atoms with E-state index in [2.05, 4.69) is 87.5 Å². The van der Waals surface area contributed by atoms with Crippen LogP contribution in [0.3, 0.4) is 0 Å². The van der Waals surface area contributed by atoms with Crippen LogP contribution in [0.1, 0.15) is 23.6 Å². The van der Waals surface area contributed by atoms with Crippen molar-refractivity contribution < 1.29 is 0 Å². The fraction of sp³-hybridized carbons (Fsp3) is 0.222. The van der Waals surface area contributed by atoms with E-state index in [-0.39, 0.29) is 0 Å². The highest BCUT2D eigenvalue weighted by atomic mass is 13.9. The van der Waals surface area contributed by atoms with Crippen molar-refractivity contribution in [2.75, 3.05) is 0 Å². The van der Waals surface area contributed by atoms with Crippen molar-refractivity contribution in [2.45, 2.75) is 27.2 Å². The third kappa shape index (κ3) is 6.05. The van der Waals surface area contributed by atoms with Gasteiger partial charge >= 0.3 is 0 Å². The van der Waals surface area contributed by atoms with Gasteiger partial charge in [0.2, 0.25) is 0 Å². The van der Waals surface area contributed by atoms with E-state index in [0.29, 0.717) is 0 Å². The predicted molar refractivity (Wildman–Crippen MR) is 80.6 cm³/mol. The summed E-state index contributed by atoms with van der Waals surface area (Å²) in [4.78, 5) is 0. The number of hydrogen-bond acceptors (Lipinski definition) is 0. The van der Waals surface area contributed by atoms with Crippen molar-refractivity contribution in [1.82, 2.24) is 0 Å². The van der Waals surface area contributed by atoms with Crippen molar-refractivity contribution in [3.8, 4) is 0 Å². The van der Waals surface area contributed by atoms with Crippen LogP contribution in [0.4, 0.5) is 0 Å². The van der Waals surface area contributed by atoms with Gasteiger partial charge in [-0.1, -0.05) is 84.8 Å². The third-order valence-electron chi connectivity index (χ3n) is 2.65. The van der Waals surface area contributed by atoms with Gasteiger partial charge in [0, 0.05) is 0 Å². The second-order valence-corrected chi connectivity index (χ2v) is 4.38. The fourth-order valence-corrected chi connectivity index (χ4v) is 1.65. The van der Waals surface area contributed by atoms with E-state index >= 15 is 0 Å². The molecule has 0 aliphatic carbocycles. The summed E-state index contributed by atoms with van der Waals surface area (Å²) in [7, 11) is 0. The first kappa shape index (κ1) is 14.2. The van der Waals surface area contributed by atoms with Crippen LogP contribution in [-0.4, -0.2) is 0 Å². The average molecular weight is 238 g/mol. The zero-order chi connectivity index (χ0) is 13.2. The van der Waals surface area contributed by atoms with Gasteiger partial charge in [0.1, 0.15) is 0 Å². The molecule has 0 bridgehead atoms. The lowest BCUT2D eigenvalue weighted by atomic mass is 10.2. The molecule has 0 saturated carbocycles. The molecule has 0 atom stereocenters. The molecule has 0 aromatic heterocycles. The molecule has 0 fully saturated rings. The highest BCUT2D eigenvalue weighted by Crippen LogP contribution is 1.98. The van der Waals surface area contributed by atoms with E-state index in [1.165, 1.54) is 16.7 Å². The maximum atomic E-state index is 2.18. The normalized spacial score (nSPS) is 9.06. The van der Waals surface area contributed by atoms with Crippen molar-refractivity contribution in [3.05, 3.63) is 83.4 Å². The van der Waals surface area contributed by atoms with E-state index in [4.69, 9.17) is 0 Å². The fourth-order valence-electron chi connectivity index (χ4n) is 1.65. The Balaban J connectivity index is 3.32. The lowest BCUT2D eigenvalue weighted by Crippen LogP contribution is -1.72. The molecule has 0 heteroatoms. The zero-order valence-electron chi connectivity index (χ0n) is 11.6. The topological polar surface area (TPSA) is 0 Å². The van der Waals surface area contributed by atoms with Crippen LogP contribution in [0.5, 0.6) is 0 Å². The van der Waals surface area contributed by atoms with E-state index in [0.717, 1.165) is 6.42 Å². The Kier molecular flexibility index (Phi) is 6.56. The Labute approximate surface area is 111 Å². The standard InChI is InChI=1S/C18H22/c1-4-18-13-8-6-5-7-11-16(2)15-17(3)12-9-10-14-18/h5-15H,4H2,1-3H3. The summed E-state index contributed by atoms with van der Waals surface area (Å²) >= 11 is 0. The SMILES string of the molecule is CCc1ccccccc(C)cc(C)cccc1. The van der Waals surface area contributed by atoms with Gasteiger partial charge in [-0.05, 0) is 25.8 Å². The maximum Gasteiger partial charge on any atom is -0.0307 e. The molecule has 0 saturated heterocycles. The predicted octanol–water partition coefficient (Wildman–Crippen LogP) is 5.11. The van der Waals surface area contributed by atoms with Gasteiger partial charge in [-0.3, -0.25) is 0 Å². The summed E-state index contributed by atoms with van der Waals surface area (Å²) in [6.07, 6.45) is 1.05. The molecule has 0 aliphatic heterocycles. The van der Waals surface area contributed by atoms with Gasteiger partial charge in [-0.15, -0.1) is 0 Å². The Morgan fingerprint density at radius 1 is 0.667 bits per heavy atom. The third-order valence-corrected chi connectivity index (χ3v) is 2.65. The monoisotopic (exact) mass is 238 g/mol. The molecule has 0 nitrogen and oxygen atoms in total. The molecule has 0 radical (unpaired) electrons. The Morgan fingerprint density at radius 3 is 1.67 bits per heavy atom. The molecule has 94 valence electrons. The van der Waals surface area contributed by atoms with Gasteiger partial charge in [-0.25, -0.2) is 0 Å². The molecule has 0 spiro atoms. The minimum Gasteiger partial charge on any atom is -0.0623 e. The quantitative estimate of drug-likeness (QED) is 0.637. The van der Waals surface area contributed by atoms with Gasteiger partial charge in [-0.2, -0.15) is 0 Å². The largest absolute Gasteiger partial charge is 0.0623 e. The minimum absolute atomic E-state index is 1.05. The summed E-state index contributed by atoms with van der Waals surface area (Å²) in [6.45, 7) is 6.40. The second-order valence-electron chi connectivity index (χ2n) is 4.38. The zero-order valence-corrected chi connectivity index (χ0v) is 11.6. The first-order valence-electron chi connectivity index (χ1n) is 6.46. The summed E-state index contributed by atoms with van der Waals surface area (Å²) in [5.41, 5.74) is 3.85. The lowest BCUT2D eigenvalue weighted by Gasteiger charge is -1.89. The molecule has 1 aromatic rings. The first-order valence-corrected chi connectivity index (χ1v) is 6.46. The van der Waals surface area contributed by atoms with Crippen molar-refractivity contribution in [2.24, 2.45) is 0 Å². The van der Waals surface area contributed by atoms with E-state index in [1.807, 2.05) is 0 Å². The highest BCUT2D eigenvalue weighted by molar-refractivity contribution is 5.17. The van der Waals surface area contributed by atoms with Crippen LogP contribution in [-0.2, 0) is 6.42 Å². The Hall–Kier alpha value is -1.82. The molecular formula is C18H22. The maximum absolute atomic E-state index is 2.18. The molecule has 1 aromatic carbocycles. The van der Waals surface area contributed by atoms with Crippen molar-refractivity contribution >= 4 is 0 Å². The molecule has 0 amide bonds. The number of rotatable bonds is 1. The number of hydrogen-bond donors (Lipinski definition) is 0.